The second-order valence-corrected chi connectivity index (χ2v) is 9.25. The van der Waals surface area contributed by atoms with Crippen LogP contribution in [0.25, 0.3) is 0 Å². The topological polar surface area (TPSA) is 64.7 Å². The Morgan fingerprint density at radius 3 is 2.83 bits per heavy atom. The molecule has 30 heavy (non-hydrogen) atoms. The maximum absolute atomic E-state index is 12.9. The van der Waals surface area contributed by atoms with Crippen molar-refractivity contribution in [3.8, 4) is 0 Å². The van der Waals surface area contributed by atoms with E-state index in [1.165, 1.54) is 5.56 Å². The smallest absolute Gasteiger partial charge is 0.239 e. The maximum atomic E-state index is 12.9. The third-order valence-electron chi connectivity index (χ3n) is 6.32. The molecule has 0 radical (unpaired) electrons. The van der Waals surface area contributed by atoms with Crippen molar-refractivity contribution in [2.24, 2.45) is 0 Å². The van der Waals surface area contributed by atoms with Gasteiger partial charge in [-0.05, 0) is 36.9 Å². The van der Waals surface area contributed by atoms with Crippen LogP contribution in [-0.2, 0) is 22.7 Å². The molecule has 2 aromatic rings. The Balaban J connectivity index is 1.33. The molecule has 0 bridgehead atoms. The van der Waals surface area contributed by atoms with Gasteiger partial charge in [-0.25, -0.2) is 0 Å². The summed E-state index contributed by atoms with van der Waals surface area (Å²) in [7, 11) is 2.11. The summed E-state index contributed by atoms with van der Waals surface area (Å²) in [6.45, 7) is 2.89. The fourth-order valence-electron chi connectivity index (χ4n) is 4.63. The number of carbonyl (C=O) groups is 2. The Labute approximate surface area is 182 Å². The second kappa shape index (κ2) is 9.73. The highest BCUT2D eigenvalue weighted by Gasteiger charge is 2.44. The Kier molecular flexibility index (Phi) is 6.82. The van der Waals surface area contributed by atoms with Crippen molar-refractivity contribution in [2.75, 3.05) is 20.1 Å². The molecule has 2 aliphatic heterocycles. The van der Waals surface area contributed by atoms with Gasteiger partial charge >= 0.3 is 0 Å². The molecular formula is C23H30N4O2S. The summed E-state index contributed by atoms with van der Waals surface area (Å²) >= 11 is 1.65. The first-order valence-corrected chi connectivity index (χ1v) is 11.6. The number of hydrogen-bond acceptors (Lipinski definition) is 5. The molecule has 2 saturated heterocycles. The molecule has 160 valence electrons. The predicted molar refractivity (Wildman–Crippen MR) is 119 cm³/mol. The van der Waals surface area contributed by atoms with Gasteiger partial charge in [0, 0.05) is 43.0 Å². The minimum absolute atomic E-state index is 0.0704. The number of rotatable bonds is 7. The van der Waals surface area contributed by atoms with E-state index in [0.29, 0.717) is 19.5 Å². The number of likely N-dealkylation sites (N-methyl/N-ethyl adjacent to an activating group) is 1. The van der Waals surface area contributed by atoms with Gasteiger partial charge in [-0.3, -0.25) is 19.4 Å². The van der Waals surface area contributed by atoms with Gasteiger partial charge in [0.05, 0.1) is 6.54 Å². The Bertz CT molecular complexity index is 842. The first kappa shape index (κ1) is 21.0. The summed E-state index contributed by atoms with van der Waals surface area (Å²) in [4.78, 5) is 31.0. The van der Waals surface area contributed by atoms with E-state index >= 15 is 0 Å². The zero-order valence-electron chi connectivity index (χ0n) is 17.4. The highest BCUT2D eigenvalue weighted by Crippen LogP contribution is 2.28. The second-order valence-electron chi connectivity index (χ2n) is 8.22. The number of benzene rings is 1. The van der Waals surface area contributed by atoms with Crippen molar-refractivity contribution < 1.29 is 9.59 Å². The number of carbonyl (C=O) groups excluding carboxylic acids is 2. The van der Waals surface area contributed by atoms with Gasteiger partial charge < -0.3 is 10.6 Å². The Hall–Kier alpha value is -2.22. The number of nitrogens with one attached hydrogen (secondary N) is 2. The maximum Gasteiger partial charge on any atom is 0.239 e. The molecular weight excluding hydrogens is 396 g/mol. The molecule has 2 amide bonds. The highest BCUT2D eigenvalue weighted by atomic mass is 32.1. The van der Waals surface area contributed by atoms with Crippen molar-refractivity contribution in [2.45, 2.75) is 50.5 Å². The lowest BCUT2D eigenvalue weighted by molar-refractivity contribution is -0.126. The number of fused-ring (bicyclic) bond motifs is 1. The van der Waals surface area contributed by atoms with E-state index in [1.807, 2.05) is 35.7 Å². The van der Waals surface area contributed by atoms with Gasteiger partial charge in [0.1, 0.15) is 6.04 Å². The van der Waals surface area contributed by atoms with Gasteiger partial charge in [0.25, 0.3) is 0 Å². The summed E-state index contributed by atoms with van der Waals surface area (Å²) in [5.41, 5.74) is 1.23. The molecule has 1 aromatic carbocycles. The lowest BCUT2D eigenvalue weighted by Crippen LogP contribution is -2.49. The Morgan fingerprint density at radius 2 is 2.07 bits per heavy atom. The number of likely N-dealkylation sites (tertiary alicyclic amines) is 1. The van der Waals surface area contributed by atoms with E-state index in [1.54, 1.807) is 11.3 Å². The van der Waals surface area contributed by atoms with Crippen LogP contribution in [-0.4, -0.2) is 59.9 Å². The third-order valence-corrected chi connectivity index (χ3v) is 7.20. The standard InChI is InChI=1S/C23H30N4O2S/c1-26-18(9-10-21(28)24-15-19-8-5-13-30-19)14-25-23(29)22-20(26)11-12-27(22)16-17-6-3-2-4-7-17/h2-8,13,18,20,22H,9-12,14-16H2,1H3,(H,24,28)(H,25,29)/t18-,20+,22-/m0/s1. The molecule has 0 unspecified atom stereocenters. The summed E-state index contributed by atoms with van der Waals surface area (Å²) in [6, 6.07) is 14.6. The van der Waals surface area contributed by atoms with E-state index in [-0.39, 0.29) is 29.9 Å². The van der Waals surface area contributed by atoms with Crippen molar-refractivity contribution in [3.63, 3.8) is 0 Å². The minimum atomic E-state index is -0.132. The predicted octanol–water partition coefficient (Wildman–Crippen LogP) is 2.22. The average molecular weight is 427 g/mol. The van der Waals surface area contributed by atoms with Gasteiger partial charge in [-0.2, -0.15) is 0 Å². The van der Waals surface area contributed by atoms with E-state index in [2.05, 4.69) is 39.6 Å². The van der Waals surface area contributed by atoms with E-state index in [4.69, 9.17) is 0 Å². The molecule has 6 nitrogen and oxygen atoms in total. The monoisotopic (exact) mass is 426 g/mol. The largest absolute Gasteiger partial charge is 0.353 e. The van der Waals surface area contributed by atoms with E-state index in [9.17, 15) is 9.59 Å². The fourth-order valence-corrected chi connectivity index (χ4v) is 5.27. The van der Waals surface area contributed by atoms with Crippen molar-refractivity contribution >= 4 is 23.2 Å². The SMILES string of the molecule is CN1[C@@H](CCC(=O)NCc2cccs2)CNC(=O)[C@@H]2[C@H]1CCN2Cc1ccccc1. The van der Waals surface area contributed by atoms with Crippen LogP contribution in [0, 0.1) is 0 Å². The molecule has 0 spiro atoms. The highest BCUT2D eigenvalue weighted by molar-refractivity contribution is 7.09. The summed E-state index contributed by atoms with van der Waals surface area (Å²) in [5.74, 6) is 0.186. The summed E-state index contributed by atoms with van der Waals surface area (Å²) < 4.78 is 0. The van der Waals surface area contributed by atoms with Crippen LogP contribution in [0.4, 0.5) is 0 Å². The lowest BCUT2D eigenvalue weighted by Gasteiger charge is -2.33. The molecule has 0 aliphatic carbocycles. The number of amides is 2. The fraction of sp³-hybridized carbons (Fsp3) is 0.478. The van der Waals surface area contributed by atoms with E-state index in [0.717, 1.165) is 30.8 Å². The van der Waals surface area contributed by atoms with Crippen molar-refractivity contribution in [1.29, 1.82) is 0 Å². The molecule has 2 fully saturated rings. The van der Waals surface area contributed by atoms with Crippen molar-refractivity contribution in [3.05, 3.63) is 58.3 Å². The summed E-state index contributed by atoms with van der Waals surface area (Å²) in [6.07, 6.45) is 2.19. The molecule has 2 aliphatic rings. The Morgan fingerprint density at radius 1 is 1.23 bits per heavy atom. The molecule has 7 heteroatoms. The van der Waals surface area contributed by atoms with Gasteiger partial charge in [0.2, 0.25) is 11.8 Å². The van der Waals surface area contributed by atoms with Crippen LogP contribution < -0.4 is 10.6 Å². The van der Waals surface area contributed by atoms with Gasteiger partial charge in [0.15, 0.2) is 0 Å². The van der Waals surface area contributed by atoms with Crippen LogP contribution in [0.3, 0.4) is 0 Å². The van der Waals surface area contributed by atoms with Crippen LogP contribution >= 0.6 is 11.3 Å². The zero-order valence-corrected chi connectivity index (χ0v) is 18.2. The number of nitrogens with zero attached hydrogens (tertiary/aromatic N) is 2. The summed E-state index contributed by atoms with van der Waals surface area (Å²) in [5, 5.41) is 8.16. The first-order valence-electron chi connectivity index (χ1n) is 10.7. The van der Waals surface area contributed by atoms with Crippen molar-refractivity contribution in [1.82, 2.24) is 20.4 Å². The molecule has 4 rings (SSSR count). The quantitative estimate of drug-likeness (QED) is 0.713. The number of thiophene rings is 1. The molecule has 0 saturated carbocycles. The minimum Gasteiger partial charge on any atom is -0.353 e. The van der Waals surface area contributed by atoms with Crippen LogP contribution in [0.5, 0.6) is 0 Å². The average Bonchev–Trinajstić information content (AvgIpc) is 3.40. The normalized spacial score (nSPS) is 24.8. The molecule has 3 atom stereocenters. The molecule has 2 N–H and O–H groups in total. The third kappa shape index (κ3) is 4.91. The molecule has 3 heterocycles. The zero-order chi connectivity index (χ0) is 20.9. The van der Waals surface area contributed by atoms with Gasteiger partial charge in [-0.15, -0.1) is 11.3 Å². The van der Waals surface area contributed by atoms with Gasteiger partial charge in [-0.1, -0.05) is 36.4 Å². The van der Waals surface area contributed by atoms with Crippen LogP contribution in [0.15, 0.2) is 47.8 Å². The van der Waals surface area contributed by atoms with E-state index < -0.39 is 0 Å². The van der Waals surface area contributed by atoms with Crippen LogP contribution in [0.2, 0.25) is 0 Å². The lowest BCUT2D eigenvalue weighted by atomic mass is 10.0. The first-order chi connectivity index (χ1) is 14.6. The number of hydrogen-bond donors (Lipinski definition) is 2. The molecule has 1 aromatic heterocycles. The van der Waals surface area contributed by atoms with Crippen LogP contribution in [0.1, 0.15) is 29.7 Å².